The molecule has 1 amide bonds. The third-order valence-electron chi connectivity index (χ3n) is 1.79. The molecule has 0 radical (unpaired) electrons. The number of ether oxygens (including phenoxy) is 1. The van der Waals surface area contributed by atoms with Gasteiger partial charge in [0.15, 0.2) is 0 Å². The van der Waals surface area contributed by atoms with Crippen LogP contribution in [0.15, 0.2) is 16.8 Å². The van der Waals surface area contributed by atoms with Crippen LogP contribution in [0.4, 0.5) is 4.79 Å². The van der Waals surface area contributed by atoms with Gasteiger partial charge in [-0.25, -0.2) is 9.59 Å². The highest BCUT2D eigenvalue weighted by Gasteiger charge is 2.15. The lowest BCUT2D eigenvalue weighted by Crippen LogP contribution is -2.33. The number of carboxylic acids is 1. The zero-order chi connectivity index (χ0) is 14.9. The summed E-state index contributed by atoms with van der Waals surface area (Å²) in [5.41, 5.74) is 4.51. The number of nitrogens with zero attached hydrogens (tertiary/aromatic N) is 1. The second-order valence-electron chi connectivity index (χ2n) is 4.74. The van der Waals surface area contributed by atoms with Crippen LogP contribution >= 0.6 is 0 Å². The molecule has 4 N–H and O–H groups in total. The molecule has 0 heterocycles. The summed E-state index contributed by atoms with van der Waals surface area (Å²) in [6.45, 7) is 6.14. The Morgan fingerprint density at radius 3 is 2.53 bits per heavy atom. The van der Waals surface area contributed by atoms with Gasteiger partial charge in [-0.15, -0.1) is 0 Å². The molecular weight excluding hydrogens is 250 g/mol. The largest absolute Gasteiger partial charge is 0.478 e. The molecule has 0 spiro atoms. The minimum Gasteiger partial charge on any atom is -0.478 e. The molecule has 0 aliphatic carbocycles. The maximum atomic E-state index is 11.3. The molecule has 19 heavy (non-hydrogen) atoms. The fraction of sp³-hybridized carbons (Fsp3) is 0.583. The van der Waals surface area contributed by atoms with E-state index in [1.165, 1.54) is 6.21 Å². The SMILES string of the molecule is CC(C)(C)OC(=O)NCCCN=CC(=CN)C(=O)O. The molecule has 0 bridgehead atoms. The molecule has 0 aromatic carbocycles. The Kier molecular flexibility index (Phi) is 7.25. The minimum absolute atomic E-state index is 0.0694. The van der Waals surface area contributed by atoms with Crippen LogP contribution in [-0.4, -0.2) is 42.1 Å². The van der Waals surface area contributed by atoms with E-state index in [0.29, 0.717) is 19.5 Å². The third kappa shape index (κ3) is 9.63. The lowest BCUT2D eigenvalue weighted by Gasteiger charge is -2.19. The molecule has 0 aliphatic heterocycles. The maximum Gasteiger partial charge on any atom is 0.407 e. The third-order valence-corrected chi connectivity index (χ3v) is 1.79. The van der Waals surface area contributed by atoms with Gasteiger partial charge >= 0.3 is 12.1 Å². The first-order valence-corrected chi connectivity index (χ1v) is 5.88. The van der Waals surface area contributed by atoms with Crippen molar-refractivity contribution in [1.29, 1.82) is 0 Å². The molecule has 0 saturated heterocycles. The fourth-order valence-corrected chi connectivity index (χ4v) is 1.01. The second kappa shape index (κ2) is 8.12. The quantitative estimate of drug-likeness (QED) is 0.377. The molecule has 0 fully saturated rings. The van der Waals surface area contributed by atoms with E-state index >= 15 is 0 Å². The zero-order valence-electron chi connectivity index (χ0n) is 11.5. The minimum atomic E-state index is -1.13. The summed E-state index contributed by atoms with van der Waals surface area (Å²) < 4.78 is 5.04. The first kappa shape index (κ1) is 16.9. The van der Waals surface area contributed by atoms with E-state index in [4.69, 9.17) is 15.6 Å². The predicted molar refractivity (Wildman–Crippen MR) is 72.1 cm³/mol. The highest BCUT2D eigenvalue weighted by Crippen LogP contribution is 2.06. The normalized spacial score (nSPS) is 12.5. The molecule has 0 aromatic heterocycles. The molecule has 7 heteroatoms. The highest BCUT2D eigenvalue weighted by molar-refractivity contribution is 6.08. The Hall–Kier alpha value is -2.05. The van der Waals surface area contributed by atoms with E-state index in [2.05, 4.69) is 10.3 Å². The average Bonchev–Trinajstić information content (AvgIpc) is 2.25. The molecular formula is C12H21N3O4. The predicted octanol–water partition coefficient (Wildman–Crippen LogP) is 0.899. The summed E-state index contributed by atoms with van der Waals surface area (Å²) in [5.74, 6) is -1.13. The Balaban J connectivity index is 3.80. The molecule has 0 aromatic rings. The summed E-state index contributed by atoms with van der Waals surface area (Å²) in [6, 6.07) is 0. The summed E-state index contributed by atoms with van der Waals surface area (Å²) in [7, 11) is 0. The van der Waals surface area contributed by atoms with E-state index in [1.54, 1.807) is 20.8 Å². The Bertz CT molecular complexity index is 370. The van der Waals surface area contributed by atoms with Crippen LogP contribution in [0.25, 0.3) is 0 Å². The van der Waals surface area contributed by atoms with Crippen LogP contribution in [0, 0.1) is 0 Å². The number of carbonyl (C=O) groups is 2. The number of rotatable bonds is 6. The van der Waals surface area contributed by atoms with E-state index in [9.17, 15) is 9.59 Å². The van der Waals surface area contributed by atoms with Crippen LogP contribution < -0.4 is 11.1 Å². The first-order valence-electron chi connectivity index (χ1n) is 5.88. The van der Waals surface area contributed by atoms with Crippen molar-refractivity contribution >= 4 is 18.3 Å². The molecule has 7 nitrogen and oxygen atoms in total. The smallest absolute Gasteiger partial charge is 0.407 e. The topological polar surface area (TPSA) is 114 Å². The van der Waals surface area contributed by atoms with Gasteiger partial charge in [0.05, 0.1) is 5.57 Å². The number of carbonyl (C=O) groups excluding carboxylic acids is 1. The van der Waals surface area contributed by atoms with Gasteiger partial charge in [0, 0.05) is 25.5 Å². The van der Waals surface area contributed by atoms with E-state index in [1.807, 2.05) is 0 Å². The Morgan fingerprint density at radius 1 is 1.42 bits per heavy atom. The number of nitrogens with two attached hydrogens (primary N) is 1. The van der Waals surface area contributed by atoms with Crippen LogP contribution in [-0.2, 0) is 9.53 Å². The fourth-order valence-electron chi connectivity index (χ4n) is 1.01. The highest BCUT2D eigenvalue weighted by atomic mass is 16.6. The van der Waals surface area contributed by atoms with E-state index in [0.717, 1.165) is 6.20 Å². The van der Waals surface area contributed by atoms with Crippen molar-refractivity contribution in [2.45, 2.75) is 32.8 Å². The van der Waals surface area contributed by atoms with Crippen LogP contribution in [0.2, 0.25) is 0 Å². The lowest BCUT2D eigenvalue weighted by molar-refractivity contribution is -0.132. The van der Waals surface area contributed by atoms with Gasteiger partial charge in [0.2, 0.25) is 0 Å². The van der Waals surface area contributed by atoms with Gasteiger partial charge in [0.1, 0.15) is 5.60 Å². The monoisotopic (exact) mass is 271 g/mol. The van der Waals surface area contributed by atoms with Crippen LogP contribution in [0.3, 0.4) is 0 Å². The number of hydrogen-bond acceptors (Lipinski definition) is 5. The Labute approximate surface area is 112 Å². The number of aliphatic carboxylic acids is 1. The van der Waals surface area contributed by atoms with Crippen molar-refractivity contribution in [2.24, 2.45) is 10.7 Å². The lowest BCUT2D eigenvalue weighted by atomic mass is 10.2. The summed E-state index contributed by atoms with van der Waals surface area (Å²) >= 11 is 0. The van der Waals surface area contributed by atoms with E-state index in [-0.39, 0.29) is 5.57 Å². The van der Waals surface area contributed by atoms with Crippen LogP contribution in [0.5, 0.6) is 0 Å². The molecule has 0 saturated carbocycles. The van der Waals surface area contributed by atoms with Crippen molar-refractivity contribution in [2.75, 3.05) is 13.1 Å². The van der Waals surface area contributed by atoms with Gasteiger partial charge in [-0.3, -0.25) is 4.99 Å². The van der Waals surface area contributed by atoms with Gasteiger partial charge in [0.25, 0.3) is 0 Å². The first-order chi connectivity index (χ1) is 8.76. The van der Waals surface area contributed by atoms with E-state index < -0.39 is 17.7 Å². The van der Waals surface area contributed by atoms with Crippen LogP contribution in [0.1, 0.15) is 27.2 Å². The van der Waals surface area contributed by atoms with Crippen molar-refractivity contribution in [3.05, 3.63) is 11.8 Å². The molecule has 108 valence electrons. The number of aliphatic imine (C=N–C) groups is 1. The number of hydrogen-bond donors (Lipinski definition) is 3. The standard InChI is InChI=1S/C12H21N3O4/c1-12(2,3)19-11(18)15-6-4-5-14-8-9(7-13)10(16)17/h7-8H,4-6,13H2,1-3H3,(H,15,18)(H,16,17). The van der Waals surface area contributed by atoms with Gasteiger partial charge in [-0.1, -0.05) is 0 Å². The molecule has 0 unspecified atom stereocenters. The number of carboxylic acid groups (broad SMARTS) is 1. The number of alkyl carbamates (subject to hydrolysis) is 1. The van der Waals surface area contributed by atoms with Crippen molar-refractivity contribution in [3.8, 4) is 0 Å². The summed E-state index contributed by atoms with van der Waals surface area (Å²) in [4.78, 5) is 25.7. The molecule has 0 atom stereocenters. The summed E-state index contributed by atoms with van der Waals surface area (Å²) in [6.07, 6.45) is 2.26. The Morgan fingerprint density at radius 2 is 2.05 bits per heavy atom. The second-order valence-corrected chi connectivity index (χ2v) is 4.74. The van der Waals surface area contributed by atoms with Crippen molar-refractivity contribution < 1.29 is 19.4 Å². The van der Waals surface area contributed by atoms with Gasteiger partial charge < -0.3 is 20.9 Å². The molecule has 0 aliphatic rings. The maximum absolute atomic E-state index is 11.3. The van der Waals surface area contributed by atoms with Crippen molar-refractivity contribution in [3.63, 3.8) is 0 Å². The van der Waals surface area contributed by atoms with Gasteiger partial charge in [-0.05, 0) is 27.2 Å². The molecule has 0 rings (SSSR count). The average molecular weight is 271 g/mol. The zero-order valence-corrected chi connectivity index (χ0v) is 11.5. The number of nitrogens with one attached hydrogen (secondary N) is 1. The van der Waals surface area contributed by atoms with Gasteiger partial charge in [-0.2, -0.15) is 0 Å². The number of amides is 1. The summed E-state index contributed by atoms with van der Waals surface area (Å²) in [5, 5.41) is 11.2. The van der Waals surface area contributed by atoms with Crippen molar-refractivity contribution in [1.82, 2.24) is 5.32 Å².